The topological polar surface area (TPSA) is 63.7 Å². The zero-order chi connectivity index (χ0) is 16.3. The van der Waals surface area contributed by atoms with E-state index in [1.54, 1.807) is 6.92 Å². The Bertz CT molecular complexity index is 643. The first kappa shape index (κ1) is 16.8. The van der Waals surface area contributed by atoms with Crippen molar-refractivity contribution in [1.29, 1.82) is 0 Å². The SMILES string of the molecule is CCOC(=O)C1CCCN(S(=O)(=O)c2cc(F)cc(F)c2)C1. The van der Waals surface area contributed by atoms with Crippen molar-refractivity contribution in [3.05, 3.63) is 29.8 Å². The molecule has 0 amide bonds. The van der Waals surface area contributed by atoms with Gasteiger partial charge in [-0.25, -0.2) is 17.2 Å². The number of rotatable bonds is 4. The van der Waals surface area contributed by atoms with Gasteiger partial charge in [0.1, 0.15) is 11.6 Å². The summed E-state index contributed by atoms with van der Waals surface area (Å²) in [6.45, 7) is 2.05. The van der Waals surface area contributed by atoms with Gasteiger partial charge in [-0.05, 0) is 31.9 Å². The molecule has 2 rings (SSSR count). The predicted octanol–water partition coefficient (Wildman–Crippen LogP) is 1.93. The molecular weight excluding hydrogens is 316 g/mol. The van der Waals surface area contributed by atoms with E-state index < -0.39 is 38.4 Å². The van der Waals surface area contributed by atoms with Gasteiger partial charge in [0.15, 0.2) is 0 Å². The Morgan fingerprint density at radius 2 is 1.95 bits per heavy atom. The lowest BCUT2D eigenvalue weighted by atomic mass is 10.0. The zero-order valence-electron chi connectivity index (χ0n) is 12.1. The molecule has 122 valence electrons. The van der Waals surface area contributed by atoms with Gasteiger partial charge in [0, 0.05) is 19.2 Å². The molecule has 1 fully saturated rings. The van der Waals surface area contributed by atoms with Gasteiger partial charge in [-0.1, -0.05) is 0 Å². The Labute approximate surface area is 127 Å². The summed E-state index contributed by atoms with van der Waals surface area (Å²) in [4.78, 5) is 11.3. The van der Waals surface area contributed by atoms with Gasteiger partial charge in [-0.2, -0.15) is 4.31 Å². The van der Waals surface area contributed by atoms with E-state index in [9.17, 15) is 22.0 Å². The molecule has 0 bridgehead atoms. The standard InChI is InChI=1S/C14H17F2NO4S/c1-2-21-14(18)10-4-3-5-17(9-10)22(19,20)13-7-11(15)6-12(16)8-13/h6-8,10H,2-5,9H2,1H3. The van der Waals surface area contributed by atoms with Crippen molar-refractivity contribution in [3.8, 4) is 0 Å². The molecule has 0 aliphatic carbocycles. The molecule has 22 heavy (non-hydrogen) atoms. The highest BCUT2D eigenvalue weighted by atomic mass is 32.2. The van der Waals surface area contributed by atoms with Crippen LogP contribution in [0.4, 0.5) is 8.78 Å². The number of sulfonamides is 1. The average molecular weight is 333 g/mol. The number of ether oxygens (including phenoxy) is 1. The molecule has 8 heteroatoms. The van der Waals surface area contributed by atoms with E-state index in [4.69, 9.17) is 4.74 Å². The Morgan fingerprint density at radius 1 is 1.32 bits per heavy atom. The van der Waals surface area contributed by atoms with Crippen molar-refractivity contribution >= 4 is 16.0 Å². The van der Waals surface area contributed by atoms with E-state index in [0.717, 1.165) is 16.4 Å². The Balaban J connectivity index is 2.23. The third-order valence-electron chi connectivity index (χ3n) is 3.48. The van der Waals surface area contributed by atoms with Gasteiger partial charge < -0.3 is 4.74 Å². The molecule has 1 aliphatic heterocycles. The molecule has 1 heterocycles. The fourth-order valence-electron chi connectivity index (χ4n) is 2.44. The van der Waals surface area contributed by atoms with Crippen LogP contribution in [0.2, 0.25) is 0 Å². The number of piperidine rings is 1. The molecule has 1 aliphatic rings. The van der Waals surface area contributed by atoms with Crippen LogP contribution in [0.5, 0.6) is 0 Å². The minimum absolute atomic E-state index is 0.0424. The second kappa shape index (κ2) is 6.70. The highest BCUT2D eigenvalue weighted by Crippen LogP contribution is 2.25. The van der Waals surface area contributed by atoms with Crippen LogP contribution in [-0.2, 0) is 19.6 Å². The molecule has 1 aromatic rings. The monoisotopic (exact) mass is 333 g/mol. The van der Waals surface area contributed by atoms with Gasteiger partial charge in [-0.3, -0.25) is 4.79 Å². The molecule has 0 spiro atoms. The second-order valence-electron chi connectivity index (χ2n) is 5.06. The number of carbonyl (C=O) groups excluding carboxylic acids is 1. The molecule has 1 aromatic carbocycles. The molecule has 0 N–H and O–H groups in total. The highest BCUT2D eigenvalue weighted by molar-refractivity contribution is 7.89. The molecular formula is C14H17F2NO4S. The molecule has 0 saturated carbocycles. The third kappa shape index (κ3) is 3.61. The maximum absolute atomic E-state index is 13.2. The molecule has 1 atom stereocenters. The highest BCUT2D eigenvalue weighted by Gasteiger charge is 2.34. The van der Waals surface area contributed by atoms with Gasteiger partial charge in [0.05, 0.1) is 17.4 Å². The lowest BCUT2D eigenvalue weighted by Crippen LogP contribution is -2.42. The normalized spacial score (nSPS) is 19.9. The summed E-state index contributed by atoms with van der Waals surface area (Å²) in [5.41, 5.74) is 0. The average Bonchev–Trinajstić information content (AvgIpc) is 2.46. The molecule has 5 nitrogen and oxygen atoms in total. The largest absolute Gasteiger partial charge is 0.466 e. The van der Waals surface area contributed by atoms with Gasteiger partial charge >= 0.3 is 5.97 Å². The van der Waals surface area contributed by atoms with Crippen LogP contribution in [0.3, 0.4) is 0 Å². The minimum Gasteiger partial charge on any atom is -0.466 e. The summed E-state index contributed by atoms with van der Waals surface area (Å²) < 4.78 is 57.4. The Kier molecular flexibility index (Phi) is 5.12. The van der Waals surface area contributed by atoms with Crippen LogP contribution in [0, 0.1) is 17.6 Å². The molecule has 0 aromatic heterocycles. The van der Waals surface area contributed by atoms with Gasteiger partial charge in [0.25, 0.3) is 0 Å². The van der Waals surface area contributed by atoms with E-state index in [1.807, 2.05) is 0 Å². The molecule has 1 unspecified atom stereocenters. The van der Waals surface area contributed by atoms with E-state index >= 15 is 0 Å². The van der Waals surface area contributed by atoms with Crippen molar-refractivity contribution in [3.63, 3.8) is 0 Å². The number of benzene rings is 1. The third-order valence-corrected chi connectivity index (χ3v) is 5.32. The van der Waals surface area contributed by atoms with Crippen molar-refractivity contribution in [1.82, 2.24) is 4.31 Å². The maximum Gasteiger partial charge on any atom is 0.310 e. The lowest BCUT2D eigenvalue weighted by Gasteiger charge is -2.30. The number of hydrogen-bond donors (Lipinski definition) is 0. The lowest BCUT2D eigenvalue weighted by molar-refractivity contribution is -0.149. The summed E-state index contributed by atoms with van der Waals surface area (Å²) in [6, 6.07) is 2.15. The van der Waals surface area contributed by atoms with Crippen LogP contribution in [0.25, 0.3) is 0 Å². The fourth-order valence-corrected chi connectivity index (χ4v) is 4.01. The molecule has 1 saturated heterocycles. The number of hydrogen-bond acceptors (Lipinski definition) is 4. The number of esters is 1. The summed E-state index contributed by atoms with van der Waals surface area (Å²) in [7, 11) is -4.04. The van der Waals surface area contributed by atoms with Gasteiger partial charge in [0.2, 0.25) is 10.0 Å². The van der Waals surface area contributed by atoms with E-state index in [-0.39, 0.29) is 19.7 Å². The van der Waals surface area contributed by atoms with Crippen LogP contribution in [-0.4, -0.2) is 38.4 Å². The summed E-state index contributed by atoms with van der Waals surface area (Å²) in [5, 5.41) is 0. The Hall–Kier alpha value is -1.54. The van der Waals surface area contributed by atoms with Crippen molar-refractivity contribution < 1.29 is 26.7 Å². The fraction of sp³-hybridized carbons (Fsp3) is 0.500. The van der Waals surface area contributed by atoms with E-state index in [1.165, 1.54) is 0 Å². The summed E-state index contributed by atoms with van der Waals surface area (Å²) in [5.74, 6) is -2.93. The second-order valence-corrected chi connectivity index (χ2v) is 7.00. The van der Waals surface area contributed by atoms with E-state index in [0.29, 0.717) is 18.9 Å². The Morgan fingerprint density at radius 3 is 2.55 bits per heavy atom. The number of carbonyl (C=O) groups is 1. The van der Waals surface area contributed by atoms with Crippen LogP contribution in [0.1, 0.15) is 19.8 Å². The first-order valence-corrected chi connectivity index (χ1v) is 8.41. The number of nitrogens with zero attached hydrogens (tertiary/aromatic N) is 1. The molecule has 0 radical (unpaired) electrons. The minimum atomic E-state index is -4.04. The van der Waals surface area contributed by atoms with Crippen LogP contribution >= 0.6 is 0 Å². The van der Waals surface area contributed by atoms with Crippen molar-refractivity contribution in [2.75, 3.05) is 19.7 Å². The first-order valence-electron chi connectivity index (χ1n) is 6.97. The first-order chi connectivity index (χ1) is 10.3. The number of halogens is 2. The summed E-state index contributed by atoms with van der Waals surface area (Å²) >= 11 is 0. The maximum atomic E-state index is 13.2. The summed E-state index contributed by atoms with van der Waals surface area (Å²) in [6.07, 6.45) is 1.02. The quantitative estimate of drug-likeness (QED) is 0.790. The van der Waals surface area contributed by atoms with E-state index in [2.05, 4.69) is 0 Å². The zero-order valence-corrected chi connectivity index (χ0v) is 12.9. The van der Waals surface area contributed by atoms with Gasteiger partial charge in [-0.15, -0.1) is 0 Å². The van der Waals surface area contributed by atoms with Crippen molar-refractivity contribution in [2.45, 2.75) is 24.7 Å². The smallest absolute Gasteiger partial charge is 0.310 e. The van der Waals surface area contributed by atoms with Crippen LogP contribution < -0.4 is 0 Å². The predicted molar refractivity (Wildman–Crippen MR) is 74.5 cm³/mol. The van der Waals surface area contributed by atoms with Crippen molar-refractivity contribution in [2.24, 2.45) is 5.92 Å². The van der Waals surface area contributed by atoms with Crippen LogP contribution in [0.15, 0.2) is 23.1 Å².